The van der Waals surface area contributed by atoms with Gasteiger partial charge in [0, 0.05) is 30.8 Å². The summed E-state index contributed by atoms with van der Waals surface area (Å²) < 4.78 is 0. The van der Waals surface area contributed by atoms with E-state index in [0.717, 1.165) is 18.6 Å². The van der Waals surface area contributed by atoms with Crippen LogP contribution in [0, 0.1) is 5.92 Å². The van der Waals surface area contributed by atoms with Crippen LogP contribution in [0.1, 0.15) is 39.0 Å². The Labute approximate surface area is 124 Å². The lowest BCUT2D eigenvalue weighted by Crippen LogP contribution is -2.46. The van der Waals surface area contributed by atoms with Crippen molar-refractivity contribution < 1.29 is 14.7 Å². The van der Waals surface area contributed by atoms with Gasteiger partial charge in [-0.2, -0.15) is 11.8 Å². The number of thioether (sulfide) groups is 1. The van der Waals surface area contributed by atoms with Crippen molar-refractivity contribution in [1.82, 2.24) is 10.2 Å². The number of nitrogens with one attached hydrogen (secondary N) is 1. The lowest BCUT2D eigenvalue weighted by atomic mass is 10.1. The van der Waals surface area contributed by atoms with Crippen LogP contribution < -0.4 is 5.32 Å². The first-order chi connectivity index (χ1) is 9.60. The van der Waals surface area contributed by atoms with Gasteiger partial charge in [-0.3, -0.25) is 4.79 Å². The molecule has 3 unspecified atom stereocenters. The molecule has 2 N–H and O–H groups in total. The van der Waals surface area contributed by atoms with Crippen LogP contribution in [-0.4, -0.2) is 52.1 Å². The molecular weight excluding hydrogens is 276 g/mol. The minimum Gasteiger partial charge on any atom is -0.481 e. The third kappa shape index (κ3) is 4.04. The highest BCUT2D eigenvalue weighted by molar-refractivity contribution is 7.99. The van der Waals surface area contributed by atoms with E-state index in [9.17, 15) is 9.59 Å². The zero-order valence-corrected chi connectivity index (χ0v) is 12.8. The molecular formula is C14H24N2O3S. The fraction of sp³-hybridized carbons (Fsp3) is 0.857. The van der Waals surface area contributed by atoms with Crippen molar-refractivity contribution in [1.29, 1.82) is 0 Å². The third-order valence-electron chi connectivity index (χ3n) is 4.18. The second kappa shape index (κ2) is 7.20. The Balaban J connectivity index is 1.79. The molecule has 1 aliphatic carbocycles. The largest absolute Gasteiger partial charge is 0.481 e. The molecule has 0 radical (unpaired) electrons. The number of carboxylic acid groups (broad SMARTS) is 1. The van der Waals surface area contributed by atoms with E-state index in [0.29, 0.717) is 18.3 Å². The molecule has 5 nitrogen and oxygen atoms in total. The van der Waals surface area contributed by atoms with Crippen LogP contribution in [-0.2, 0) is 4.79 Å². The quantitative estimate of drug-likeness (QED) is 0.816. The molecule has 3 atom stereocenters. The number of carbonyl (C=O) groups excluding carboxylic acids is 1. The molecule has 20 heavy (non-hydrogen) atoms. The number of nitrogens with zero attached hydrogens (tertiary/aromatic N) is 1. The Hall–Kier alpha value is -0.910. The molecule has 0 aromatic rings. The van der Waals surface area contributed by atoms with Gasteiger partial charge in [-0.1, -0.05) is 13.3 Å². The summed E-state index contributed by atoms with van der Waals surface area (Å²) >= 11 is 1.93. The van der Waals surface area contributed by atoms with Crippen LogP contribution in [0.5, 0.6) is 0 Å². The molecule has 1 saturated carbocycles. The van der Waals surface area contributed by atoms with Gasteiger partial charge < -0.3 is 15.3 Å². The molecule has 114 valence electrons. The normalized spacial score (nSPS) is 29.6. The van der Waals surface area contributed by atoms with Crippen LogP contribution in [0.15, 0.2) is 0 Å². The number of hydrogen-bond acceptors (Lipinski definition) is 3. The minimum absolute atomic E-state index is 0.00788. The minimum atomic E-state index is -0.771. The zero-order valence-electron chi connectivity index (χ0n) is 12.0. The van der Waals surface area contributed by atoms with Crippen LogP contribution in [0.4, 0.5) is 4.79 Å². The average molecular weight is 300 g/mol. The summed E-state index contributed by atoms with van der Waals surface area (Å²) in [6.07, 6.45) is 4.41. The second-order valence-electron chi connectivity index (χ2n) is 5.68. The molecule has 0 spiro atoms. The van der Waals surface area contributed by atoms with E-state index in [1.165, 1.54) is 12.8 Å². The highest BCUT2D eigenvalue weighted by atomic mass is 32.2. The number of amides is 2. The third-order valence-corrected chi connectivity index (χ3v) is 5.50. The lowest BCUT2D eigenvalue weighted by molar-refractivity contribution is -0.138. The molecule has 1 aliphatic heterocycles. The van der Waals surface area contributed by atoms with Gasteiger partial charge in [-0.25, -0.2) is 4.79 Å². The highest BCUT2D eigenvalue weighted by Crippen LogP contribution is 2.30. The van der Waals surface area contributed by atoms with E-state index in [1.807, 2.05) is 11.8 Å². The summed E-state index contributed by atoms with van der Waals surface area (Å²) in [6, 6.07) is 0.275. The first kappa shape index (κ1) is 15.5. The molecule has 0 aromatic heterocycles. The fourth-order valence-corrected chi connectivity index (χ4v) is 4.38. The van der Waals surface area contributed by atoms with Crippen molar-refractivity contribution in [2.75, 3.05) is 18.8 Å². The first-order valence-corrected chi connectivity index (χ1v) is 8.53. The van der Waals surface area contributed by atoms with Gasteiger partial charge in [0.05, 0.1) is 0 Å². The number of carbonyl (C=O) groups is 2. The van der Waals surface area contributed by atoms with Crippen molar-refractivity contribution in [2.24, 2.45) is 5.92 Å². The molecule has 0 bridgehead atoms. The predicted octanol–water partition coefficient (Wildman–Crippen LogP) is 2.17. The van der Waals surface area contributed by atoms with E-state index in [-0.39, 0.29) is 24.4 Å². The molecule has 0 aromatic carbocycles. The number of carboxylic acids is 1. The maximum atomic E-state index is 12.2. The van der Waals surface area contributed by atoms with Crippen molar-refractivity contribution in [2.45, 2.75) is 50.3 Å². The summed E-state index contributed by atoms with van der Waals surface area (Å²) in [4.78, 5) is 24.7. The van der Waals surface area contributed by atoms with Gasteiger partial charge in [-0.15, -0.1) is 0 Å². The Bertz CT molecular complexity index is 364. The topological polar surface area (TPSA) is 69.6 Å². The Morgan fingerprint density at radius 3 is 2.85 bits per heavy atom. The van der Waals surface area contributed by atoms with E-state index in [2.05, 4.69) is 12.2 Å². The highest BCUT2D eigenvalue weighted by Gasteiger charge is 2.32. The van der Waals surface area contributed by atoms with E-state index >= 15 is 0 Å². The Kier molecular flexibility index (Phi) is 5.57. The summed E-state index contributed by atoms with van der Waals surface area (Å²) in [5, 5.41) is 12.5. The monoisotopic (exact) mass is 300 g/mol. The predicted molar refractivity (Wildman–Crippen MR) is 80.0 cm³/mol. The fourth-order valence-electron chi connectivity index (χ4n) is 3.19. The zero-order chi connectivity index (χ0) is 14.5. The standard InChI is InChI=1S/C14H24N2O3S/c1-2-20-12-5-3-4-11(12)15-14(19)16-7-6-10(9-16)8-13(17)18/h10-12H,2-9H2,1H3,(H,15,19)(H,17,18). The van der Waals surface area contributed by atoms with Crippen molar-refractivity contribution in [3.8, 4) is 0 Å². The summed E-state index contributed by atoms with van der Waals surface area (Å²) in [5.74, 6) is 0.427. The number of rotatable bonds is 5. The van der Waals surface area contributed by atoms with Gasteiger partial charge in [0.15, 0.2) is 0 Å². The number of aliphatic carboxylic acids is 1. The van der Waals surface area contributed by atoms with Gasteiger partial charge in [0.25, 0.3) is 0 Å². The molecule has 2 amide bonds. The van der Waals surface area contributed by atoms with Crippen LogP contribution >= 0.6 is 11.8 Å². The van der Waals surface area contributed by atoms with Gasteiger partial charge in [0.2, 0.25) is 0 Å². The van der Waals surface area contributed by atoms with Crippen LogP contribution in [0.25, 0.3) is 0 Å². The summed E-state index contributed by atoms with van der Waals surface area (Å²) in [7, 11) is 0. The maximum absolute atomic E-state index is 12.2. The van der Waals surface area contributed by atoms with Gasteiger partial charge >= 0.3 is 12.0 Å². The van der Waals surface area contributed by atoms with Gasteiger partial charge in [-0.05, 0) is 30.9 Å². The molecule has 2 rings (SSSR count). The average Bonchev–Trinajstić information content (AvgIpc) is 2.99. The molecule has 1 heterocycles. The van der Waals surface area contributed by atoms with E-state index in [1.54, 1.807) is 4.90 Å². The molecule has 1 saturated heterocycles. The van der Waals surface area contributed by atoms with E-state index < -0.39 is 5.97 Å². The smallest absolute Gasteiger partial charge is 0.317 e. The lowest BCUT2D eigenvalue weighted by Gasteiger charge is -2.24. The van der Waals surface area contributed by atoms with Crippen molar-refractivity contribution in [3.05, 3.63) is 0 Å². The Morgan fingerprint density at radius 2 is 2.15 bits per heavy atom. The molecule has 2 fully saturated rings. The molecule has 6 heteroatoms. The second-order valence-corrected chi connectivity index (χ2v) is 7.20. The van der Waals surface area contributed by atoms with Gasteiger partial charge in [0.1, 0.15) is 0 Å². The van der Waals surface area contributed by atoms with Crippen LogP contribution in [0.3, 0.4) is 0 Å². The SMILES string of the molecule is CCSC1CCCC1NC(=O)N1CCC(CC(=O)O)C1. The summed E-state index contributed by atoms with van der Waals surface area (Å²) in [5.41, 5.74) is 0. The number of hydrogen-bond donors (Lipinski definition) is 2. The van der Waals surface area contributed by atoms with Crippen molar-refractivity contribution in [3.63, 3.8) is 0 Å². The molecule has 2 aliphatic rings. The van der Waals surface area contributed by atoms with E-state index in [4.69, 9.17) is 5.11 Å². The first-order valence-electron chi connectivity index (χ1n) is 7.49. The number of likely N-dealkylation sites (tertiary alicyclic amines) is 1. The Morgan fingerprint density at radius 1 is 1.35 bits per heavy atom. The number of urea groups is 1. The maximum Gasteiger partial charge on any atom is 0.317 e. The van der Waals surface area contributed by atoms with Crippen molar-refractivity contribution >= 4 is 23.8 Å². The summed E-state index contributed by atoms with van der Waals surface area (Å²) in [6.45, 7) is 3.41. The van der Waals surface area contributed by atoms with Crippen LogP contribution in [0.2, 0.25) is 0 Å².